The second-order valence-electron chi connectivity index (χ2n) is 6.98. The van der Waals surface area contributed by atoms with E-state index in [-0.39, 0.29) is 12.7 Å². The lowest BCUT2D eigenvalue weighted by Gasteiger charge is -2.19. The maximum atomic E-state index is 9.11. The number of hydrogen-bond donors (Lipinski definition) is 2. The normalized spacial score (nSPS) is 23.7. The molecule has 128 valence electrons. The van der Waals surface area contributed by atoms with Gasteiger partial charge in [0.1, 0.15) is 6.10 Å². The Bertz CT molecular complexity index is 664. The Labute approximate surface area is 142 Å². The molecule has 1 saturated heterocycles. The van der Waals surface area contributed by atoms with Crippen molar-refractivity contribution in [2.24, 2.45) is 5.92 Å². The molecule has 1 aliphatic heterocycles. The van der Waals surface area contributed by atoms with Gasteiger partial charge >= 0.3 is 0 Å². The van der Waals surface area contributed by atoms with Crippen molar-refractivity contribution >= 4 is 0 Å². The van der Waals surface area contributed by atoms with Gasteiger partial charge in [0, 0.05) is 37.5 Å². The van der Waals surface area contributed by atoms with E-state index in [1.807, 2.05) is 18.3 Å². The molecule has 0 amide bonds. The van der Waals surface area contributed by atoms with Gasteiger partial charge in [0.25, 0.3) is 0 Å². The lowest BCUT2D eigenvalue weighted by atomic mass is 10.0. The van der Waals surface area contributed by atoms with Gasteiger partial charge in [0.2, 0.25) is 0 Å². The molecule has 2 atom stereocenters. The zero-order chi connectivity index (χ0) is 16.4. The molecule has 0 radical (unpaired) electrons. The summed E-state index contributed by atoms with van der Waals surface area (Å²) in [5.41, 5.74) is 3.35. The largest absolute Gasteiger partial charge is 0.392 e. The number of aromatic nitrogens is 2. The van der Waals surface area contributed by atoms with Crippen LogP contribution < -0.4 is 5.32 Å². The highest BCUT2D eigenvalue weighted by Gasteiger charge is 2.30. The molecule has 2 aliphatic rings. The van der Waals surface area contributed by atoms with E-state index in [4.69, 9.17) is 9.84 Å². The van der Waals surface area contributed by atoms with Gasteiger partial charge in [-0.15, -0.1) is 0 Å². The monoisotopic (exact) mass is 327 g/mol. The van der Waals surface area contributed by atoms with Crippen molar-refractivity contribution in [3.63, 3.8) is 0 Å². The molecule has 0 unspecified atom stereocenters. The molecule has 5 heteroatoms. The number of rotatable bonds is 7. The summed E-state index contributed by atoms with van der Waals surface area (Å²) >= 11 is 0. The van der Waals surface area contributed by atoms with E-state index < -0.39 is 0 Å². The van der Waals surface area contributed by atoms with E-state index in [9.17, 15) is 0 Å². The fraction of sp³-hybridized carbons (Fsp3) is 0.526. The standard InChI is InChI=1S/C19H25N3O2/c23-13-16-5-1-14(2-6-16)9-20-18-7-8-24-19(18)17-10-21-22(12-17)11-15-3-4-15/h1-2,5-6,10,12,15,18-20,23H,3-4,7-9,11,13H2/t18-,19+/m0/s1. The second kappa shape index (κ2) is 7.05. The minimum absolute atomic E-state index is 0.0923. The van der Waals surface area contributed by atoms with Crippen molar-refractivity contribution < 1.29 is 9.84 Å². The van der Waals surface area contributed by atoms with E-state index in [0.29, 0.717) is 6.04 Å². The smallest absolute Gasteiger partial charge is 0.101 e. The molecule has 5 nitrogen and oxygen atoms in total. The van der Waals surface area contributed by atoms with Crippen molar-refractivity contribution in [2.45, 2.75) is 51.1 Å². The average Bonchev–Trinajstić information content (AvgIpc) is 3.10. The van der Waals surface area contributed by atoms with Gasteiger partial charge < -0.3 is 15.2 Å². The zero-order valence-corrected chi connectivity index (χ0v) is 13.9. The van der Waals surface area contributed by atoms with Crippen LogP contribution in [0, 0.1) is 5.92 Å². The summed E-state index contributed by atoms with van der Waals surface area (Å²) in [6.07, 6.45) is 7.91. The summed E-state index contributed by atoms with van der Waals surface area (Å²) in [5.74, 6) is 0.832. The summed E-state index contributed by atoms with van der Waals surface area (Å²) in [7, 11) is 0. The fourth-order valence-corrected chi connectivity index (χ4v) is 3.33. The number of nitrogens with zero attached hydrogens (tertiary/aromatic N) is 2. The highest BCUT2D eigenvalue weighted by molar-refractivity contribution is 5.22. The lowest BCUT2D eigenvalue weighted by molar-refractivity contribution is 0.0984. The Morgan fingerprint density at radius 1 is 1.17 bits per heavy atom. The maximum absolute atomic E-state index is 9.11. The van der Waals surface area contributed by atoms with Gasteiger partial charge in [-0.05, 0) is 36.3 Å². The van der Waals surface area contributed by atoms with Crippen LogP contribution in [0.2, 0.25) is 0 Å². The fourth-order valence-electron chi connectivity index (χ4n) is 3.33. The zero-order valence-electron chi connectivity index (χ0n) is 13.9. The molecule has 24 heavy (non-hydrogen) atoms. The van der Waals surface area contributed by atoms with Crippen LogP contribution in [0.3, 0.4) is 0 Å². The molecular formula is C19H25N3O2. The van der Waals surface area contributed by atoms with Crippen molar-refractivity contribution in [3.8, 4) is 0 Å². The predicted octanol–water partition coefficient (Wildman–Crippen LogP) is 2.41. The Kier molecular flexibility index (Phi) is 4.65. The summed E-state index contributed by atoms with van der Waals surface area (Å²) in [6.45, 7) is 2.74. The van der Waals surface area contributed by atoms with Crippen LogP contribution in [0.1, 0.15) is 42.1 Å². The molecule has 1 saturated carbocycles. The number of hydrogen-bond acceptors (Lipinski definition) is 4. The number of aliphatic hydroxyl groups is 1. The van der Waals surface area contributed by atoms with E-state index in [2.05, 4.69) is 33.4 Å². The molecule has 1 aromatic heterocycles. The third-order valence-corrected chi connectivity index (χ3v) is 4.99. The highest BCUT2D eigenvalue weighted by Crippen LogP contribution is 2.32. The molecule has 0 bridgehead atoms. The SMILES string of the molecule is OCc1ccc(CN[C@H]2CCO[C@@H]2c2cnn(CC3CC3)c2)cc1. The Hall–Kier alpha value is -1.69. The molecule has 2 fully saturated rings. The van der Waals surface area contributed by atoms with Gasteiger partial charge in [-0.1, -0.05) is 24.3 Å². The minimum Gasteiger partial charge on any atom is -0.392 e. The first-order valence-electron chi connectivity index (χ1n) is 8.88. The van der Waals surface area contributed by atoms with Crippen LogP contribution in [0.15, 0.2) is 36.7 Å². The molecule has 1 aliphatic carbocycles. The first kappa shape index (κ1) is 15.8. The number of nitrogens with one attached hydrogen (secondary N) is 1. The number of aliphatic hydroxyl groups excluding tert-OH is 1. The number of benzene rings is 1. The van der Waals surface area contributed by atoms with Crippen molar-refractivity contribution in [3.05, 3.63) is 53.3 Å². The molecule has 2 N–H and O–H groups in total. The first-order chi connectivity index (χ1) is 11.8. The average molecular weight is 327 g/mol. The second-order valence-corrected chi connectivity index (χ2v) is 6.98. The van der Waals surface area contributed by atoms with Gasteiger partial charge in [-0.3, -0.25) is 4.68 Å². The van der Waals surface area contributed by atoms with Crippen LogP contribution in [-0.2, 0) is 24.4 Å². The molecule has 4 rings (SSSR count). The first-order valence-corrected chi connectivity index (χ1v) is 8.88. The van der Waals surface area contributed by atoms with Gasteiger partial charge in [0.15, 0.2) is 0 Å². The van der Waals surface area contributed by atoms with Crippen LogP contribution in [0.4, 0.5) is 0 Å². The molecule has 2 aromatic rings. The van der Waals surface area contributed by atoms with Crippen LogP contribution >= 0.6 is 0 Å². The van der Waals surface area contributed by atoms with Crippen LogP contribution in [0.5, 0.6) is 0 Å². The van der Waals surface area contributed by atoms with Crippen molar-refractivity contribution in [1.82, 2.24) is 15.1 Å². The van der Waals surface area contributed by atoms with E-state index >= 15 is 0 Å². The third-order valence-electron chi connectivity index (χ3n) is 4.99. The molecule has 2 heterocycles. The number of ether oxygens (including phenoxy) is 1. The lowest BCUT2D eigenvalue weighted by Crippen LogP contribution is -2.31. The summed E-state index contributed by atoms with van der Waals surface area (Å²) in [4.78, 5) is 0. The Morgan fingerprint density at radius 2 is 1.96 bits per heavy atom. The molecule has 0 spiro atoms. The molecule has 1 aromatic carbocycles. The van der Waals surface area contributed by atoms with Gasteiger partial charge in [-0.2, -0.15) is 5.10 Å². The van der Waals surface area contributed by atoms with Crippen LogP contribution in [0.25, 0.3) is 0 Å². The maximum Gasteiger partial charge on any atom is 0.101 e. The van der Waals surface area contributed by atoms with E-state index in [1.54, 1.807) is 0 Å². The predicted molar refractivity (Wildman–Crippen MR) is 91.3 cm³/mol. The van der Waals surface area contributed by atoms with Crippen molar-refractivity contribution in [2.75, 3.05) is 6.61 Å². The molecular weight excluding hydrogens is 302 g/mol. The Morgan fingerprint density at radius 3 is 2.71 bits per heavy atom. The van der Waals surface area contributed by atoms with Gasteiger partial charge in [-0.25, -0.2) is 0 Å². The quantitative estimate of drug-likeness (QED) is 0.820. The van der Waals surface area contributed by atoms with Crippen LogP contribution in [-0.4, -0.2) is 27.5 Å². The topological polar surface area (TPSA) is 59.3 Å². The highest BCUT2D eigenvalue weighted by atomic mass is 16.5. The summed E-state index contributed by atoms with van der Waals surface area (Å²) in [5, 5.41) is 17.2. The van der Waals surface area contributed by atoms with E-state index in [1.165, 1.54) is 24.0 Å². The van der Waals surface area contributed by atoms with Crippen molar-refractivity contribution in [1.29, 1.82) is 0 Å². The van der Waals surface area contributed by atoms with Gasteiger partial charge in [0.05, 0.1) is 12.8 Å². The summed E-state index contributed by atoms with van der Waals surface area (Å²) < 4.78 is 8.03. The summed E-state index contributed by atoms with van der Waals surface area (Å²) in [6, 6.07) is 8.40. The minimum atomic E-state index is 0.0923. The van der Waals surface area contributed by atoms with E-state index in [0.717, 1.165) is 37.6 Å². The Balaban J connectivity index is 1.36. The third kappa shape index (κ3) is 3.69.